The van der Waals surface area contributed by atoms with Crippen LogP contribution in [-0.2, 0) is 0 Å². The Morgan fingerprint density at radius 1 is 0.400 bits per heavy atom. The highest BCUT2D eigenvalue weighted by atomic mass is 32.1. The van der Waals surface area contributed by atoms with Crippen LogP contribution in [-0.4, -0.2) is 19.1 Å². The number of aromatic nitrogens is 4. The van der Waals surface area contributed by atoms with Crippen LogP contribution in [0.1, 0.15) is 0 Å². The highest BCUT2D eigenvalue weighted by Crippen LogP contribution is 2.51. The van der Waals surface area contributed by atoms with Crippen LogP contribution in [0.4, 0.5) is 0 Å². The van der Waals surface area contributed by atoms with Gasteiger partial charge in [-0.2, -0.15) is 0 Å². The fourth-order valence-electron chi connectivity index (χ4n) is 8.79. The van der Waals surface area contributed by atoms with Crippen LogP contribution in [0.2, 0.25) is 0 Å². The average molecular weight is 719 g/mol. The second-order valence-corrected chi connectivity index (χ2v) is 15.2. The summed E-state index contributed by atoms with van der Waals surface area (Å²) in [6.07, 6.45) is 0. The zero-order valence-electron chi connectivity index (χ0n) is 29.5. The molecule has 4 heterocycles. The van der Waals surface area contributed by atoms with Crippen molar-refractivity contribution in [3.05, 3.63) is 182 Å². The molecule has 0 atom stereocenters. The Bertz CT molecular complexity index is 3470. The molecule has 0 bridgehead atoms. The van der Waals surface area contributed by atoms with E-state index >= 15 is 0 Å². The number of benzene rings is 8. The highest BCUT2D eigenvalue weighted by molar-refractivity contribution is 7.27. The lowest BCUT2D eigenvalue weighted by molar-refractivity contribution is 1.18. The van der Waals surface area contributed by atoms with Gasteiger partial charge in [-0.05, 0) is 48.5 Å². The lowest BCUT2D eigenvalue weighted by Gasteiger charge is -2.14. The summed E-state index contributed by atoms with van der Waals surface area (Å²) in [5, 5.41) is 8.61. The molecule has 5 heteroatoms. The maximum atomic E-state index is 5.25. The predicted octanol–water partition coefficient (Wildman–Crippen LogP) is 13.5. The van der Waals surface area contributed by atoms with Crippen molar-refractivity contribution >= 4 is 86.0 Å². The summed E-state index contributed by atoms with van der Waals surface area (Å²) in [7, 11) is 0. The van der Waals surface area contributed by atoms with E-state index in [9.17, 15) is 0 Å². The first-order chi connectivity index (χ1) is 27.3. The third-order valence-corrected chi connectivity index (χ3v) is 12.3. The SMILES string of the molecule is c1ccc(-c2nc(-c3ccccc3)c3cc(-n4c5ccccc5c5c6c7ccccc7n(-c7ccccc7)c6c6c7ccccc7sc6c54)ccc3n2)cc1. The van der Waals surface area contributed by atoms with Crippen molar-refractivity contribution in [1.82, 2.24) is 19.1 Å². The zero-order valence-corrected chi connectivity index (χ0v) is 30.3. The molecule has 0 N–H and O–H groups in total. The van der Waals surface area contributed by atoms with Gasteiger partial charge in [-0.25, -0.2) is 9.97 Å². The number of thiophene rings is 1. The van der Waals surface area contributed by atoms with E-state index in [-0.39, 0.29) is 0 Å². The van der Waals surface area contributed by atoms with E-state index in [4.69, 9.17) is 9.97 Å². The van der Waals surface area contributed by atoms with Gasteiger partial charge in [0, 0.05) is 64.9 Å². The van der Waals surface area contributed by atoms with Crippen molar-refractivity contribution in [2.45, 2.75) is 0 Å². The third kappa shape index (κ3) is 4.39. The first kappa shape index (κ1) is 30.4. The van der Waals surface area contributed by atoms with E-state index < -0.39 is 0 Å². The third-order valence-electron chi connectivity index (χ3n) is 11.1. The molecule has 0 saturated carbocycles. The Hall–Kier alpha value is -7.08. The lowest BCUT2D eigenvalue weighted by Crippen LogP contribution is -1.99. The van der Waals surface area contributed by atoms with E-state index in [2.05, 4.69) is 173 Å². The van der Waals surface area contributed by atoms with Crippen LogP contribution < -0.4 is 0 Å². The molecule has 12 rings (SSSR count). The molecule has 0 aliphatic heterocycles. The first-order valence-corrected chi connectivity index (χ1v) is 19.4. The molecule has 256 valence electrons. The van der Waals surface area contributed by atoms with Crippen molar-refractivity contribution in [3.8, 4) is 34.0 Å². The van der Waals surface area contributed by atoms with Gasteiger partial charge in [-0.1, -0.05) is 133 Å². The Kier molecular flexibility index (Phi) is 6.47. The normalized spacial score (nSPS) is 12.0. The molecule has 12 aromatic rings. The molecule has 0 aliphatic carbocycles. The molecule has 0 unspecified atom stereocenters. The van der Waals surface area contributed by atoms with Crippen molar-refractivity contribution in [2.24, 2.45) is 0 Å². The molecular weight excluding hydrogens is 689 g/mol. The molecule has 0 spiro atoms. The molecular formula is C50H30N4S. The number of nitrogens with zero attached hydrogens (tertiary/aromatic N) is 4. The second-order valence-electron chi connectivity index (χ2n) is 14.1. The Morgan fingerprint density at radius 3 is 1.67 bits per heavy atom. The Labute approximate surface area is 319 Å². The monoisotopic (exact) mass is 718 g/mol. The van der Waals surface area contributed by atoms with Crippen LogP contribution in [0, 0.1) is 0 Å². The van der Waals surface area contributed by atoms with Gasteiger partial charge in [0.1, 0.15) is 0 Å². The summed E-state index contributed by atoms with van der Waals surface area (Å²) in [4.78, 5) is 10.4. The van der Waals surface area contributed by atoms with Crippen LogP contribution in [0.15, 0.2) is 182 Å². The van der Waals surface area contributed by atoms with Gasteiger partial charge in [0.05, 0.1) is 38.0 Å². The molecule has 0 saturated heterocycles. The topological polar surface area (TPSA) is 35.6 Å². The zero-order chi connectivity index (χ0) is 36.0. The summed E-state index contributed by atoms with van der Waals surface area (Å²) in [6, 6.07) is 65.0. The smallest absolute Gasteiger partial charge is 0.160 e. The fraction of sp³-hybridized carbons (Fsp3) is 0. The van der Waals surface area contributed by atoms with Gasteiger partial charge in [-0.3, -0.25) is 0 Å². The van der Waals surface area contributed by atoms with Crippen molar-refractivity contribution in [1.29, 1.82) is 0 Å². The summed E-state index contributed by atoms with van der Waals surface area (Å²) >= 11 is 1.89. The van der Waals surface area contributed by atoms with Crippen LogP contribution >= 0.6 is 11.3 Å². The molecule has 0 amide bonds. The van der Waals surface area contributed by atoms with Gasteiger partial charge < -0.3 is 9.13 Å². The first-order valence-electron chi connectivity index (χ1n) is 18.6. The quantitative estimate of drug-likeness (QED) is 0.182. The van der Waals surface area contributed by atoms with Crippen LogP contribution in [0.25, 0.3) is 109 Å². The maximum absolute atomic E-state index is 5.25. The Morgan fingerprint density at radius 2 is 0.964 bits per heavy atom. The number of hydrogen-bond acceptors (Lipinski definition) is 3. The number of para-hydroxylation sites is 3. The number of rotatable bonds is 4. The molecule has 0 fully saturated rings. The number of fused-ring (bicyclic) bond motifs is 13. The van der Waals surface area contributed by atoms with Crippen molar-refractivity contribution in [3.63, 3.8) is 0 Å². The van der Waals surface area contributed by atoms with Crippen LogP contribution in [0.3, 0.4) is 0 Å². The van der Waals surface area contributed by atoms with E-state index in [0.717, 1.165) is 44.9 Å². The van der Waals surface area contributed by atoms with Gasteiger partial charge in [0.15, 0.2) is 5.82 Å². The number of hydrogen-bond donors (Lipinski definition) is 0. The van der Waals surface area contributed by atoms with E-state index in [1.165, 1.54) is 63.8 Å². The van der Waals surface area contributed by atoms with Gasteiger partial charge in [0.2, 0.25) is 0 Å². The van der Waals surface area contributed by atoms with Crippen LogP contribution in [0.5, 0.6) is 0 Å². The largest absolute Gasteiger partial charge is 0.309 e. The minimum absolute atomic E-state index is 0.723. The molecule has 4 aromatic heterocycles. The van der Waals surface area contributed by atoms with Gasteiger partial charge in [-0.15, -0.1) is 11.3 Å². The summed E-state index contributed by atoms with van der Waals surface area (Å²) in [5.74, 6) is 0.723. The second kappa shape index (κ2) is 11.7. The minimum atomic E-state index is 0.723. The summed E-state index contributed by atoms with van der Waals surface area (Å²) in [5.41, 5.74) is 11.0. The van der Waals surface area contributed by atoms with E-state index in [1.54, 1.807) is 0 Å². The molecule has 0 radical (unpaired) electrons. The summed E-state index contributed by atoms with van der Waals surface area (Å²) < 4.78 is 7.54. The fourth-order valence-corrected chi connectivity index (χ4v) is 10.0. The Balaban J connectivity index is 1.27. The highest BCUT2D eigenvalue weighted by Gasteiger charge is 2.27. The molecule has 8 aromatic carbocycles. The molecule has 0 aliphatic rings. The predicted molar refractivity (Wildman–Crippen MR) is 232 cm³/mol. The maximum Gasteiger partial charge on any atom is 0.160 e. The average Bonchev–Trinajstić information content (AvgIpc) is 3.92. The lowest BCUT2D eigenvalue weighted by atomic mass is 10.0. The minimum Gasteiger partial charge on any atom is -0.309 e. The molecule has 4 nitrogen and oxygen atoms in total. The summed E-state index contributed by atoms with van der Waals surface area (Å²) in [6.45, 7) is 0. The van der Waals surface area contributed by atoms with Crippen molar-refractivity contribution in [2.75, 3.05) is 0 Å². The van der Waals surface area contributed by atoms with E-state index in [0.29, 0.717) is 0 Å². The van der Waals surface area contributed by atoms with Gasteiger partial charge in [0.25, 0.3) is 0 Å². The van der Waals surface area contributed by atoms with Gasteiger partial charge >= 0.3 is 0 Å². The molecule has 55 heavy (non-hydrogen) atoms. The standard InChI is InChI=1S/C50H30N4S/c1-4-16-31(17-5-1)46-38-30-34(28-29-39(38)51-50(52-46)32-18-6-2-7-19-32)54-41-26-14-11-23-36(41)44-43-35-22-10-13-25-40(35)53(33-20-8-3-9-21-33)47(43)45-37-24-12-15-27-42(37)55-49(45)48(44)54/h1-30H. The van der Waals surface area contributed by atoms with Crippen molar-refractivity contribution < 1.29 is 0 Å². The van der Waals surface area contributed by atoms with E-state index in [1.807, 2.05) is 29.5 Å².